The van der Waals surface area contributed by atoms with Gasteiger partial charge in [-0.1, -0.05) is 37.3 Å². The van der Waals surface area contributed by atoms with Crippen LogP contribution < -0.4 is 5.32 Å². The molecule has 23 heavy (non-hydrogen) atoms. The molecule has 2 amide bonds. The smallest absolute Gasteiger partial charge is 0.317 e. The van der Waals surface area contributed by atoms with Gasteiger partial charge in [0.1, 0.15) is 0 Å². The van der Waals surface area contributed by atoms with Crippen molar-refractivity contribution < 1.29 is 9.53 Å². The standard InChI is InChI=1S/C18H25N3O2/c1-3-16(13-23-2)20-17(22)21-11-9-18(14-19,10-12-21)15-7-5-4-6-8-15/h4-8,16H,3,9-13H2,1-2H3,(H,20,22)/t16-/m1/s1. The molecule has 1 aromatic carbocycles. The van der Waals surface area contributed by atoms with E-state index in [4.69, 9.17) is 4.74 Å². The van der Waals surface area contributed by atoms with Gasteiger partial charge in [0.25, 0.3) is 0 Å². The fraction of sp³-hybridized carbons (Fsp3) is 0.556. The molecule has 1 saturated heterocycles. The number of piperidine rings is 1. The molecule has 0 unspecified atom stereocenters. The lowest BCUT2D eigenvalue weighted by atomic mass is 9.74. The molecule has 1 aromatic rings. The molecule has 0 spiro atoms. The van der Waals surface area contributed by atoms with Gasteiger partial charge in [-0.3, -0.25) is 0 Å². The number of methoxy groups -OCH3 is 1. The zero-order valence-electron chi connectivity index (χ0n) is 13.9. The van der Waals surface area contributed by atoms with Crippen LogP contribution in [0.2, 0.25) is 0 Å². The maximum absolute atomic E-state index is 12.4. The van der Waals surface area contributed by atoms with Crippen molar-refractivity contribution in [3.05, 3.63) is 35.9 Å². The van der Waals surface area contributed by atoms with Gasteiger partial charge < -0.3 is 15.0 Å². The van der Waals surface area contributed by atoms with E-state index in [-0.39, 0.29) is 12.1 Å². The van der Waals surface area contributed by atoms with E-state index in [2.05, 4.69) is 11.4 Å². The number of carbonyl (C=O) groups excluding carboxylic acids is 1. The largest absolute Gasteiger partial charge is 0.383 e. The fourth-order valence-electron chi connectivity index (χ4n) is 3.04. The van der Waals surface area contributed by atoms with Gasteiger partial charge in [-0.2, -0.15) is 5.26 Å². The number of urea groups is 1. The fourth-order valence-corrected chi connectivity index (χ4v) is 3.04. The van der Waals surface area contributed by atoms with Crippen molar-refractivity contribution in [2.45, 2.75) is 37.6 Å². The summed E-state index contributed by atoms with van der Waals surface area (Å²) in [6.07, 6.45) is 2.17. The lowest BCUT2D eigenvalue weighted by molar-refractivity contribution is 0.143. The van der Waals surface area contributed by atoms with Crippen molar-refractivity contribution in [2.75, 3.05) is 26.8 Å². The Morgan fingerprint density at radius 2 is 2.04 bits per heavy atom. The summed E-state index contributed by atoms with van der Waals surface area (Å²) in [6, 6.07) is 12.3. The van der Waals surface area contributed by atoms with Crippen molar-refractivity contribution >= 4 is 6.03 Å². The minimum atomic E-state index is -0.477. The van der Waals surface area contributed by atoms with Crippen LogP contribution in [0, 0.1) is 11.3 Å². The third kappa shape index (κ3) is 4.02. The van der Waals surface area contributed by atoms with Gasteiger partial charge in [0.2, 0.25) is 0 Å². The molecule has 0 aromatic heterocycles. The highest BCUT2D eigenvalue weighted by atomic mass is 16.5. The predicted molar refractivity (Wildman–Crippen MR) is 89.0 cm³/mol. The molecule has 1 heterocycles. The van der Waals surface area contributed by atoms with E-state index in [0.717, 1.165) is 12.0 Å². The summed E-state index contributed by atoms with van der Waals surface area (Å²) in [5.74, 6) is 0. The van der Waals surface area contributed by atoms with Crippen LogP contribution in [0.15, 0.2) is 30.3 Å². The molecule has 0 aliphatic carbocycles. The maximum Gasteiger partial charge on any atom is 0.317 e. The summed E-state index contributed by atoms with van der Waals surface area (Å²) < 4.78 is 5.12. The first kappa shape index (κ1) is 17.3. The van der Waals surface area contributed by atoms with E-state index < -0.39 is 5.41 Å². The third-order valence-electron chi connectivity index (χ3n) is 4.63. The lowest BCUT2D eigenvalue weighted by Crippen LogP contribution is -2.51. The zero-order chi connectivity index (χ0) is 16.7. The number of likely N-dealkylation sites (tertiary alicyclic amines) is 1. The highest BCUT2D eigenvalue weighted by Crippen LogP contribution is 2.34. The summed E-state index contributed by atoms with van der Waals surface area (Å²) in [6.45, 7) is 3.73. The Morgan fingerprint density at radius 1 is 1.39 bits per heavy atom. The summed E-state index contributed by atoms with van der Waals surface area (Å²) in [4.78, 5) is 14.2. The van der Waals surface area contributed by atoms with Crippen molar-refractivity contribution in [2.24, 2.45) is 0 Å². The minimum Gasteiger partial charge on any atom is -0.383 e. The number of ether oxygens (including phenoxy) is 1. The van der Waals surface area contributed by atoms with Crippen LogP contribution in [0.5, 0.6) is 0 Å². The number of benzene rings is 1. The van der Waals surface area contributed by atoms with Crippen LogP contribution in [-0.2, 0) is 10.2 Å². The van der Waals surface area contributed by atoms with Crippen LogP contribution >= 0.6 is 0 Å². The molecule has 5 nitrogen and oxygen atoms in total. The number of amides is 2. The lowest BCUT2D eigenvalue weighted by Gasteiger charge is -2.38. The summed E-state index contributed by atoms with van der Waals surface area (Å²) >= 11 is 0. The van der Waals surface area contributed by atoms with E-state index in [1.54, 1.807) is 12.0 Å². The van der Waals surface area contributed by atoms with Crippen LogP contribution in [0.1, 0.15) is 31.7 Å². The topological polar surface area (TPSA) is 65.4 Å². The van der Waals surface area contributed by atoms with Crippen molar-refractivity contribution in [1.82, 2.24) is 10.2 Å². The molecule has 1 fully saturated rings. The molecule has 2 rings (SSSR count). The first-order valence-electron chi connectivity index (χ1n) is 8.16. The summed E-state index contributed by atoms with van der Waals surface area (Å²) in [7, 11) is 1.64. The third-order valence-corrected chi connectivity index (χ3v) is 4.63. The highest BCUT2D eigenvalue weighted by Gasteiger charge is 2.37. The number of nitrogens with one attached hydrogen (secondary N) is 1. The van der Waals surface area contributed by atoms with Crippen LogP contribution in [0.4, 0.5) is 4.79 Å². The van der Waals surface area contributed by atoms with E-state index in [0.29, 0.717) is 32.5 Å². The Labute approximate surface area is 138 Å². The molecule has 1 aliphatic heterocycles. The quantitative estimate of drug-likeness (QED) is 0.908. The molecule has 0 saturated carbocycles. The van der Waals surface area contributed by atoms with Gasteiger partial charge in [-0.15, -0.1) is 0 Å². The molecule has 1 N–H and O–H groups in total. The number of hydrogen-bond donors (Lipinski definition) is 1. The van der Waals surface area contributed by atoms with Gasteiger partial charge in [0.15, 0.2) is 0 Å². The molecular formula is C18H25N3O2. The molecular weight excluding hydrogens is 290 g/mol. The summed E-state index contributed by atoms with van der Waals surface area (Å²) in [5.41, 5.74) is 0.572. The van der Waals surface area contributed by atoms with Crippen LogP contribution in [-0.4, -0.2) is 43.8 Å². The number of nitrogens with zero attached hydrogens (tertiary/aromatic N) is 2. The minimum absolute atomic E-state index is 0.0317. The zero-order valence-corrected chi connectivity index (χ0v) is 13.9. The number of rotatable bonds is 5. The predicted octanol–water partition coefficient (Wildman–Crippen LogP) is 2.68. The van der Waals surface area contributed by atoms with Crippen molar-refractivity contribution in [1.29, 1.82) is 5.26 Å². The van der Waals surface area contributed by atoms with Crippen molar-refractivity contribution in [3.8, 4) is 6.07 Å². The van der Waals surface area contributed by atoms with Gasteiger partial charge in [0, 0.05) is 20.2 Å². The molecule has 0 radical (unpaired) electrons. The Hall–Kier alpha value is -2.06. The maximum atomic E-state index is 12.4. The molecule has 1 aliphatic rings. The molecule has 0 bridgehead atoms. The SMILES string of the molecule is CC[C@H](COC)NC(=O)N1CCC(C#N)(c2ccccc2)CC1. The number of carbonyl (C=O) groups is 1. The van der Waals surface area contributed by atoms with Gasteiger partial charge in [-0.05, 0) is 24.8 Å². The number of hydrogen-bond acceptors (Lipinski definition) is 3. The Morgan fingerprint density at radius 3 is 2.57 bits per heavy atom. The monoisotopic (exact) mass is 315 g/mol. The summed E-state index contributed by atoms with van der Waals surface area (Å²) in [5, 5.41) is 12.7. The van der Waals surface area contributed by atoms with Crippen LogP contribution in [0.25, 0.3) is 0 Å². The van der Waals surface area contributed by atoms with E-state index in [1.807, 2.05) is 37.3 Å². The van der Waals surface area contributed by atoms with Gasteiger partial charge in [-0.25, -0.2) is 4.79 Å². The van der Waals surface area contributed by atoms with Gasteiger partial charge >= 0.3 is 6.03 Å². The normalized spacial score (nSPS) is 18.0. The Bertz CT molecular complexity index is 545. The van der Waals surface area contributed by atoms with E-state index in [1.165, 1.54) is 0 Å². The van der Waals surface area contributed by atoms with Crippen molar-refractivity contribution in [3.63, 3.8) is 0 Å². The Balaban J connectivity index is 1.97. The first-order chi connectivity index (χ1) is 11.1. The molecule has 1 atom stereocenters. The molecule has 124 valence electrons. The average Bonchev–Trinajstić information content (AvgIpc) is 2.62. The second-order valence-corrected chi connectivity index (χ2v) is 6.06. The van der Waals surface area contributed by atoms with E-state index in [9.17, 15) is 10.1 Å². The highest BCUT2D eigenvalue weighted by molar-refractivity contribution is 5.74. The van der Waals surface area contributed by atoms with Crippen LogP contribution in [0.3, 0.4) is 0 Å². The second-order valence-electron chi connectivity index (χ2n) is 6.06. The average molecular weight is 315 g/mol. The molecule has 5 heteroatoms. The Kier molecular flexibility index (Phi) is 6.00. The van der Waals surface area contributed by atoms with Gasteiger partial charge in [0.05, 0.1) is 24.1 Å². The number of nitriles is 1. The van der Waals surface area contributed by atoms with E-state index >= 15 is 0 Å². The second kappa shape index (κ2) is 7.98. The first-order valence-corrected chi connectivity index (χ1v) is 8.16.